The quantitative estimate of drug-likeness (QED) is 0.382. The van der Waals surface area contributed by atoms with E-state index in [0.717, 1.165) is 6.42 Å². The van der Waals surface area contributed by atoms with E-state index in [1.807, 2.05) is 27.7 Å². The molecule has 1 atom stereocenters. The van der Waals surface area contributed by atoms with Crippen LogP contribution in [0, 0.1) is 11.7 Å². The summed E-state index contributed by atoms with van der Waals surface area (Å²) in [5, 5.41) is 7.86. The predicted molar refractivity (Wildman–Crippen MR) is 138 cm³/mol. The zero-order valence-electron chi connectivity index (χ0n) is 20.7. The predicted octanol–water partition coefficient (Wildman–Crippen LogP) is 4.23. The molecule has 0 fully saturated rings. The van der Waals surface area contributed by atoms with Crippen molar-refractivity contribution >= 4 is 34.2 Å². The second-order valence-electron chi connectivity index (χ2n) is 9.47. The van der Waals surface area contributed by atoms with Crippen LogP contribution in [-0.4, -0.2) is 30.7 Å². The van der Waals surface area contributed by atoms with E-state index in [1.165, 1.54) is 31.8 Å². The van der Waals surface area contributed by atoms with Gasteiger partial charge in [0.25, 0.3) is 11.5 Å². The molecule has 0 unspecified atom stereocenters. The SMILES string of the molecule is CC[C@@H](C)NC(=O)c1ccc2c(=O)n(CCC(C)C)c3nn(Cc4ccc(F)cc4Cl)c(=O)n3c2c1. The first-order valence-electron chi connectivity index (χ1n) is 12.0. The molecule has 0 spiro atoms. The first kappa shape index (κ1) is 25.6. The van der Waals surface area contributed by atoms with Crippen LogP contribution >= 0.6 is 11.6 Å². The first-order valence-corrected chi connectivity index (χ1v) is 12.4. The Morgan fingerprint density at radius 3 is 2.56 bits per heavy atom. The van der Waals surface area contributed by atoms with Gasteiger partial charge in [-0.1, -0.05) is 38.4 Å². The van der Waals surface area contributed by atoms with Crippen LogP contribution in [0.25, 0.3) is 16.7 Å². The van der Waals surface area contributed by atoms with Crippen molar-refractivity contribution in [2.75, 3.05) is 0 Å². The van der Waals surface area contributed by atoms with E-state index in [2.05, 4.69) is 10.4 Å². The van der Waals surface area contributed by atoms with Crippen molar-refractivity contribution in [2.45, 2.75) is 59.7 Å². The molecule has 0 aliphatic heterocycles. The summed E-state index contributed by atoms with van der Waals surface area (Å²) in [5.41, 5.74) is 0.369. The summed E-state index contributed by atoms with van der Waals surface area (Å²) in [4.78, 5) is 39.8. The van der Waals surface area contributed by atoms with E-state index in [0.29, 0.717) is 40.9 Å². The summed E-state index contributed by atoms with van der Waals surface area (Å²) < 4.78 is 17.6. The summed E-state index contributed by atoms with van der Waals surface area (Å²) in [6.45, 7) is 8.34. The number of aromatic nitrogens is 4. The van der Waals surface area contributed by atoms with Gasteiger partial charge in [0, 0.05) is 23.2 Å². The second-order valence-corrected chi connectivity index (χ2v) is 9.87. The zero-order chi connectivity index (χ0) is 26.1. The number of nitrogens with one attached hydrogen (secondary N) is 1. The highest BCUT2D eigenvalue weighted by molar-refractivity contribution is 6.31. The average molecular weight is 514 g/mol. The molecule has 8 nitrogen and oxygen atoms in total. The Balaban J connectivity index is 1.94. The third-order valence-corrected chi connectivity index (χ3v) is 6.65. The monoisotopic (exact) mass is 513 g/mol. The van der Waals surface area contributed by atoms with Crippen LogP contribution in [0.15, 0.2) is 46.0 Å². The van der Waals surface area contributed by atoms with Crippen molar-refractivity contribution in [2.24, 2.45) is 5.92 Å². The fourth-order valence-corrected chi connectivity index (χ4v) is 4.20. The number of benzene rings is 2. The number of carbonyl (C=O) groups excluding carboxylic acids is 1. The Morgan fingerprint density at radius 2 is 1.89 bits per heavy atom. The molecule has 2 heterocycles. The maximum Gasteiger partial charge on any atom is 0.352 e. The Labute approximate surface area is 212 Å². The van der Waals surface area contributed by atoms with Crippen molar-refractivity contribution in [3.8, 4) is 0 Å². The molecule has 1 N–H and O–H groups in total. The second kappa shape index (κ2) is 10.3. The molecule has 4 rings (SSSR count). The minimum absolute atomic E-state index is 0.00627. The van der Waals surface area contributed by atoms with Gasteiger partial charge in [-0.25, -0.2) is 18.3 Å². The third kappa shape index (κ3) is 4.93. The minimum Gasteiger partial charge on any atom is -0.350 e. The molecule has 10 heteroatoms. The number of halogens is 2. The molecule has 2 aromatic heterocycles. The maximum absolute atomic E-state index is 13.6. The van der Waals surface area contributed by atoms with Crippen molar-refractivity contribution in [3.63, 3.8) is 0 Å². The number of aryl methyl sites for hydroxylation is 1. The van der Waals surface area contributed by atoms with Crippen LogP contribution in [0.2, 0.25) is 5.02 Å². The minimum atomic E-state index is -0.492. The first-order chi connectivity index (χ1) is 17.1. The summed E-state index contributed by atoms with van der Waals surface area (Å²) >= 11 is 6.19. The molecule has 4 aromatic rings. The highest BCUT2D eigenvalue weighted by atomic mass is 35.5. The molecule has 1 amide bonds. The number of hydrogen-bond donors (Lipinski definition) is 1. The van der Waals surface area contributed by atoms with Crippen molar-refractivity contribution in [1.29, 1.82) is 0 Å². The van der Waals surface area contributed by atoms with E-state index in [4.69, 9.17) is 11.6 Å². The molecular weight excluding hydrogens is 485 g/mol. The number of rotatable bonds is 8. The van der Waals surface area contributed by atoms with Gasteiger partial charge in [0.05, 0.1) is 17.4 Å². The number of fused-ring (bicyclic) bond motifs is 3. The number of hydrogen-bond acceptors (Lipinski definition) is 4. The average Bonchev–Trinajstić information content (AvgIpc) is 3.15. The summed E-state index contributed by atoms with van der Waals surface area (Å²) in [7, 11) is 0. The molecule has 0 saturated carbocycles. The van der Waals surface area contributed by atoms with Gasteiger partial charge in [0.1, 0.15) is 5.82 Å². The standard InChI is InChI=1S/C26H29ClFN5O3/c1-5-16(4)29-23(34)17-7-9-20-22(12-17)33-25(31(24(20)35)11-10-15(2)3)30-32(26(33)36)14-18-6-8-19(28)13-21(18)27/h6-9,12-13,15-16H,5,10-11,14H2,1-4H3,(H,29,34)/t16-/m1/s1. The Kier molecular flexibility index (Phi) is 7.31. The van der Waals surface area contributed by atoms with E-state index in [1.54, 1.807) is 18.2 Å². The van der Waals surface area contributed by atoms with Gasteiger partial charge in [-0.15, -0.1) is 5.10 Å². The summed E-state index contributed by atoms with van der Waals surface area (Å²) in [5.74, 6) is -0.272. The summed E-state index contributed by atoms with van der Waals surface area (Å²) in [6, 6.07) is 8.62. The lowest BCUT2D eigenvalue weighted by atomic mass is 10.1. The van der Waals surface area contributed by atoms with Crippen LogP contribution < -0.4 is 16.6 Å². The van der Waals surface area contributed by atoms with Gasteiger partial charge in [-0.3, -0.25) is 14.2 Å². The largest absolute Gasteiger partial charge is 0.352 e. The topological polar surface area (TPSA) is 90.4 Å². The van der Waals surface area contributed by atoms with Gasteiger partial charge < -0.3 is 5.32 Å². The highest BCUT2D eigenvalue weighted by Gasteiger charge is 2.20. The molecule has 190 valence electrons. The third-order valence-electron chi connectivity index (χ3n) is 6.30. The summed E-state index contributed by atoms with van der Waals surface area (Å²) in [6.07, 6.45) is 1.48. The van der Waals surface area contributed by atoms with Crippen molar-refractivity contribution in [1.82, 2.24) is 24.1 Å². The Hall–Kier alpha value is -3.46. The molecule has 0 bridgehead atoms. The number of nitrogens with zero attached hydrogens (tertiary/aromatic N) is 4. The van der Waals surface area contributed by atoms with E-state index >= 15 is 0 Å². The highest BCUT2D eigenvalue weighted by Crippen LogP contribution is 2.19. The van der Waals surface area contributed by atoms with Crippen LogP contribution in [0.5, 0.6) is 0 Å². The Morgan fingerprint density at radius 1 is 1.14 bits per heavy atom. The normalized spacial score (nSPS) is 12.5. The van der Waals surface area contributed by atoms with Crippen molar-refractivity contribution in [3.05, 3.63) is 79.2 Å². The molecule has 0 aliphatic carbocycles. The molecular formula is C26H29ClFN5O3. The lowest BCUT2D eigenvalue weighted by Gasteiger charge is -2.13. The van der Waals surface area contributed by atoms with Gasteiger partial charge in [0.2, 0.25) is 5.78 Å². The van der Waals surface area contributed by atoms with E-state index in [-0.39, 0.29) is 34.9 Å². The smallest absolute Gasteiger partial charge is 0.350 e. The maximum atomic E-state index is 13.6. The van der Waals surface area contributed by atoms with Gasteiger partial charge in [-0.2, -0.15) is 0 Å². The molecule has 36 heavy (non-hydrogen) atoms. The Bertz CT molecular complexity index is 1570. The molecule has 2 aromatic carbocycles. The fraction of sp³-hybridized carbons (Fsp3) is 0.385. The fourth-order valence-electron chi connectivity index (χ4n) is 3.97. The number of carbonyl (C=O) groups is 1. The van der Waals surface area contributed by atoms with Crippen molar-refractivity contribution < 1.29 is 9.18 Å². The van der Waals surface area contributed by atoms with Gasteiger partial charge in [-0.05, 0) is 61.6 Å². The lowest BCUT2D eigenvalue weighted by molar-refractivity contribution is 0.0939. The van der Waals surface area contributed by atoms with Crippen LogP contribution in [-0.2, 0) is 13.1 Å². The molecule has 0 saturated heterocycles. The zero-order valence-corrected chi connectivity index (χ0v) is 21.5. The van der Waals surface area contributed by atoms with E-state index < -0.39 is 11.5 Å². The van der Waals surface area contributed by atoms with Gasteiger partial charge in [0.15, 0.2) is 0 Å². The lowest BCUT2D eigenvalue weighted by Crippen LogP contribution is -2.32. The number of amides is 1. The van der Waals surface area contributed by atoms with Crippen LogP contribution in [0.1, 0.15) is 56.5 Å². The van der Waals surface area contributed by atoms with E-state index in [9.17, 15) is 18.8 Å². The van der Waals surface area contributed by atoms with Crippen LogP contribution in [0.4, 0.5) is 4.39 Å². The van der Waals surface area contributed by atoms with Gasteiger partial charge >= 0.3 is 5.69 Å². The molecule has 0 aliphatic rings. The van der Waals surface area contributed by atoms with Crippen LogP contribution in [0.3, 0.4) is 0 Å². The molecule has 0 radical (unpaired) electrons.